The maximum atomic E-state index is 11.7. The molecule has 0 atom stereocenters. The summed E-state index contributed by atoms with van der Waals surface area (Å²) in [5.41, 5.74) is 2.45. The smallest absolute Gasteiger partial charge is 0.224 e. The van der Waals surface area contributed by atoms with Crippen LogP contribution in [0, 0.1) is 6.92 Å². The third-order valence-corrected chi connectivity index (χ3v) is 6.21. The minimum atomic E-state index is 0.285. The zero-order valence-corrected chi connectivity index (χ0v) is 18.5. The molecule has 7 heteroatoms. The SMILES string of the molecule is Cc1cnc(NCCCN2CCCC2=O)nc1NC1CCN(Cc2ccccc2)CC1. The average molecular weight is 423 g/mol. The van der Waals surface area contributed by atoms with Crippen LogP contribution in [0.5, 0.6) is 0 Å². The number of nitrogens with one attached hydrogen (secondary N) is 2. The van der Waals surface area contributed by atoms with Gasteiger partial charge in [0.2, 0.25) is 11.9 Å². The molecule has 2 aromatic rings. The molecule has 7 nitrogen and oxygen atoms in total. The van der Waals surface area contributed by atoms with E-state index in [9.17, 15) is 4.79 Å². The fourth-order valence-corrected chi connectivity index (χ4v) is 4.35. The van der Waals surface area contributed by atoms with Crippen LogP contribution in [0.1, 0.15) is 43.2 Å². The van der Waals surface area contributed by atoms with Crippen LogP contribution < -0.4 is 10.6 Å². The number of hydrogen-bond acceptors (Lipinski definition) is 6. The number of piperidine rings is 1. The lowest BCUT2D eigenvalue weighted by Gasteiger charge is -2.32. The maximum Gasteiger partial charge on any atom is 0.224 e. The van der Waals surface area contributed by atoms with E-state index < -0.39 is 0 Å². The van der Waals surface area contributed by atoms with Crippen molar-refractivity contribution in [3.05, 3.63) is 47.7 Å². The second-order valence-electron chi connectivity index (χ2n) is 8.67. The number of likely N-dealkylation sites (tertiary alicyclic amines) is 2. The minimum absolute atomic E-state index is 0.285. The summed E-state index contributed by atoms with van der Waals surface area (Å²) in [6, 6.07) is 11.1. The van der Waals surface area contributed by atoms with Gasteiger partial charge in [-0.05, 0) is 38.2 Å². The highest BCUT2D eigenvalue weighted by Gasteiger charge is 2.21. The quantitative estimate of drug-likeness (QED) is 0.604. The summed E-state index contributed by atoms with van der Waals surface area (Å²) in [5.74, 6) is 1.86. The van der Waals surface area contributed by atoms with Gasteiger partial charge in [-0.3, -0.25) is 9.69 Å². The molecule has 2 saturated heterocycles. The molecule has 0 saturated carbocycles. The number of benzene rings is 1. The Morgan fingerprint density at radius 2 is 1.94 bits per heavy atom. The molecule has 2 fully saturated rings. The molecule has 1 aromatic heterocycles. The molecule has 0 bridgehead atoms. The second kappa shape index (κ2) is 10.6. The first-order valence-corrected chi connectivity index (χ1v) is 11.6. The molecule has 166 valence electrons. The van der Waals surface area contributed by atoms with Crippen LogP contribution in [-0.4, -0.2) is 64.4 Å². The monoisotopic (exact) mass is 422 g/mol. The van der Waals surface area contributed by atoms with E-state index in [-0.39, 0.29) is 5.91 Å². The van der Waals surface area contributed by atoms with Crippen molar-refractivity contribution < 1.29 is 4.79 Å². The predicted molar refractivity (Wildman–Crippen MR) is 124 cm³/mol. The van der Waals surface area contributed by atoms with Crippen LogP contribution in [0.25, 0.3) is 0 Å². The highest BCUT2D eigenvalue weighted by Crippen LogP contribution is 2.20. The Hall–Kier alpha value is -2.67. The second-order valence-corrected chi connectivity index (χ2v) is 8.67. The van der Waals surface area contributed by atoms with Crippen molar-refractivity contribution in [2.75, 3.05) is 43.4 Å². The van der Waals surface area contributed by atoms with Crippen LogP contribution in [-0.2, 0) is 11.3 Å². The summed E-state index contributed by atoms with van der Waals surface area (Å²) >= 11 is 0. The van der Waals surface area contributed by atoms with E-state index in [1.165, 1.54) is 5.56 Å². The Bertz CT molecular complexity index is 850. The van der Waals surface area contributed by atoms with Crippen LogP contribution in [0.4, 0.5) is 11.8 Å². The van der Waals surface area contributed by atoms with Crippen LogP contribution in [0.2, 0.25) is 0 Å². The Balaban J connectivity index is 1.22. The lowest BCUT2D eigenvalue weighted by atomic mass is 10.0. The van der Waals surface area contributed by atoms with Crippen molar-refractivity contribution in [2.45, 2.75) is 51.6 Å². The molecular formula is C24H34N6O. The lowest BCUT2D eigenvalue weighted by molar-refractivity contribution is -0.127. The van der Waals surface area contributed by atoms with Crippen molar-refractivity contribution in [1.82, 2.24) is 19.8 Å². The number of aryl methyl sites for hydroxylation is 1. The molecular weight excluding hydrogens is 388 g/mol. The zero-order chi connectivity index (χ0) is 21.5. The Labute approximate surface area is 185 Å². The van der Waals surface area contributed by atoms with Gasteiger partial charge in [0.1, 0.15) is 5.82 Å². The topological polar surface area (TPSA) is 73.4 Å². The van der Waals surface area contributed by atoms with Gasteiger partial charge in [0.15, 0.2) is 0 Å². The fraction of sp³-hybridized carbons (Fsp3) is 0.542. The number of carbonyl (C=O) groups excluding carboxylic acids is 1. The van der Waals surface area contributed by atoms with E-state index in [2.05, 4.69) is 57.8 Å². The first kappa shape index (κ1) is 21.6. The Morgan fingerprint density at radius 3 is 2.68 bits per heavy atom. The van der Waals surface area contributed by atoms with E-state index in [0.29, 0.717) is 18.4 Å². The molecule has 2 aliphatic heterocycles. The summed E-state index contributed by atoms with van der Waals surface area (Å²) < 4.78 is 0. The fourth-order valence-electron chi connectivity index (χ4n) is 4.35. The summed E-state index contributed by atoms with van der Waals surface area (Å²) in [4.78, 5) is 25.3. The first-order chi connectivity index (χ1) is 15.2. The van der Waals surface area contributed by atoms with E-state index in [1.807, 2.05) is 11.1 Å². The zero-order valence-electron chi connectivity index (χ0n) is 18.5. The minimum Gasteiger partial charge on any atom is -0.367 e. The normalized spacial score (nSPS) is 17.8. The third-order valence-electron chi connectivity index (χ3n) is 6.21. The number of anilines is 2. The molecule has 1 aromatic carbocycles. The van der Waals surface area contributed by atoms with E-state index in [1.54, 1.807) is 0 Å². The Morgan fingerprint density at radius 1 is 1.13 bits per heavy atom. The molecule has 31 heavy (non-hydrogen) atoms. The van der Waals surface area contributed by atoms with E-state index in [0.717, 1.165) is 76.3 Å². The van der Waals surface area contributed by atoms with Gasteiger partial charge in [-0.2, -0.15) is 4.98 Å². The van der Waals surface area contributed by atoms with Crippen LogP contribution in [0.3, 0.4) is 0 Å². The molecule has 0 unspecified atom stereocenters. The largest absolute Gasteiger partial charge is 0.367 e. The molecule has 4 rings (SSSR count). The summed E-state index contributed by atoms with van der Waals surface area (Å²) in [5, 5.41) is 6.96. The van der Waals surface area contributed by atoms with E-state index in [4.69, 9.17) is 4.98 Å². The van der Waals surface area contributed by atoms with Gasteiger partial charge in [0.05, 0.1) is 0 Å². The van der Waals surface area contributed by atoms with Gasteiger partial charge >= 0.3 is 0 Å². The summed E-state index contributed by atoms with van der Waals surface area (Å²) in [7, 11) is 0. The van der Waals surface area contributed by atoms with Crippen molar-refractivity contribution in [2.24, 2.45) is 0 Å². The molecule has 0 aliphatic carbocycles. The van der Waals surface area contributed by atoms with Gasteiger partial charge in [0.25, 0.3) is 0 Å². The molecule has 0 radical (unpaired) electrons. The van der Waals surface area contributed by atoms with Gasteiger partial charge in [-0.15, -0.1) is 0 Å². The van der Waals surface area contributed by atoms with Gasteiger partial charge in [-0.1, -0.05) is 30.3 Å². The maximum absolute atomic E-state index is 11.7. The molecule has 1 amide bonds. The predicted octanol–water partition coefficient (Wildman–Crippen LogP) is 3.29. The molecule has 2 N–H and O–H groups in total. The van der Waals surface area contributed by atoms with Crippen LogP contribution in [0.15, 0.2) is 36.5 Å². The summed E-state index contributed by atoms with van der Waals surface area (Å²) in [6.45, 7) is 7.74. The standard InChI is InChI=1S/C24H34N6O/c1-19-17-26-24(25-12-6-14-30-13-5-9-22(30)31)28-23(19)27-21-10-15-29(16-11-21)18-20-7-3-2-4-8-20/h2-4,7-8,17,21H,5-6,9-16,18H2,1H3,(H2,25,26,27,28). The first-order valence-electron chi connectivity index (χ1n) is 11.6. The number of aromatic nitrogens is 2. The average Bonchev–Trinajstić information content (AvgIpc) is 3.20. The lowest BCUT2D eigenvalue weighted by Crippen LogP contribution is -2.39. The van der Waals surface area contributed by atoms with Crippen molar-refractivity contribution in [3.8, 4) is 0 Å². The van der Waals surface area contributed by atoms with Gasteiger partial charge < -0.3 is 15.5 Å². The van der Waals surface area contributed by atoms with Crippen molar-refractivity contribution >= 4 is 17.7 Å². The summed E-state index contributed by atoms with van der Waals surface area (Å²) in [6.07, 6.45) is 6.71. The molecule has 2 aliphatic rings. The Kier molecular flexibility index (Phi) is 7.35. The number of hydrogen-bond donors (Lipinski definition) is 2. The number of carbonyl (C=O) groups is 1. The molecule has 0 spiro atoms. The third kappa shape index (κ3) is 6.17. The number of amides is 1. The highest BCUT2D eigenvalue weighted by atomic mass is 16.2. The number of nitrogens with zero attached hydrogens (tertiary/aromatic N) is 4. The highest BCUT2D eigenvalue weighted by molar-refractivity contribution is 5.78. The van der Waals surface area contributed by atoms with Crippen molar-refractivity contribution in [1.29, 1.82) is 0 Å². The van der Waals surface area contributed by atoms with Gasteiger partial charge in [0, 0.05) is 63.5 Å². The van der Waals surface area contributed by atoms with E-state index >= 15 is 0 Å². The van der Waals surface area contributed by atoms with Crippen LogP contribution >= 0.6 is 0 Å². The number of rotatable bonds is 9. The molecule has 3 heterocycles. The van der Waals surface area contributed by atoms with Crippen molar-refractivity contribution in [3.63, 3.8) is 0 Å². The van der Waals surface area contributed by atoms with Gasteiger partial charge in [-0.25, -0.2) is 4.98 Å².